The van der Waals surface area contributed by atoms with Crippen molar-refractivity contribution in [3.63, 3.8) is 0 Å². The van der Waals surface area contributed by atoms with Crippen LogP contribution in [0.3, 0.4) is 0 Å². The number of halogens is 2. The van der Waals surface area contributed by atoms with Gasteiger partial charge in [-0.3, -0.25) is 0 Å². The Hall–Kier alpha value is -0.500. The molecule has 0 saturated heterocycles. The van der Waals surface area contributed by atoms with Gasteiger partial charge in [0.1, 0.15) is 0 Å². The molecule has 0 aromatic heterocycles. The van der Waals surface area contributed by atoms with E-state index in [0.717, 1.165) is 11.6 Å². The van der Waals surface area contributed by atoms with E-state index in [2.05, 4.69) is 12.2 Å². The lowest BCUT2D eigenvalue weighted by molar-refractivity contribution is 0.617. The van der Waals surface area contributed by atoms with Crippen LogP contribution in [-0.4, -0.2) is 6.54 Å². The first-order chi connectivity index (χ1) is 6.74. The number of hydrogen-bond donors (Lipinski definition) is 1. The van der Waals surface area contributed by atoms with Crippen molar-refractivity contribution in [1.29, 1.82) is 0 Å². The van der Waals surface area contributed by atoms with Gasteiger partial charge in [-0.1, -0.05) is 41.4 Å². The molecule has 1 rings (SSSR count). The normalized spacial score (nSPS) is 13.4. The molecule has 0 bridgehead atoms. The third-order valence-electron chi connectivity index (χ3n) is 1.98. The SMILES string of the molecule is C[C@H](NC/C=C/Cl)c1cccc(Cl)c1. The van der Waals surface area contributed by atoms with Gasteiger partial charge in [-0.2, -0.15) is 0 Å². The fourth-order valence-electron chi connectivity index (χ4n) is 1.18. The van der Waals surface area contributed by atoms with E-state index in [0.29, 0.717) is 0 Å². The molecule has 0 heterocycles. The Morgan fingerprint density at radius 3 is 2.93 bits per heavy atom. The highest BCUT2D eigenvalue weighted by Gasteiger charge is 2.02. The molecule has 1 atom stereocenters. The highest BCUT2D eigenvalue weighted by molar-refractivity contribution is 6.30. The maximum Gasteiger partial charge on any atom is 0.0409 e. The summed E-state index contributed by atoms with van der Waals surface area (Å²) in [5, 5.41) is 4.06. The number of rotatable bonds is 4. The van der Waals surface area contributed by atoms with E-state index in [9.17, 15) is 0 Å². The molecule has 0 saturated carbocycles. The van der Waals surface area contributed by atoms with E-state index in [1.54, 1.807) is 0 Å². The number of hydrogen-bond acceptors (Lipinski definition) is 1. The van der Waals surface area contributed by atoms with Crippen molar-refractivity contribution in [3.8, 4) is 0 Å². The first kappa shape index (κ1) is 11.6. The lowest BCUT2D eigenvalue weighted by atomic mass is 10.1. The van der Waals surface area contributed by atoms with Crippen molar-refractivity contribution in [2.45, 2.75) is 13.0 Å². The van der Waals surface area contributed by atoms with Crippen molar-refractivity contribution >= 4 is 23.2 Å². The van der Waals surface area contributed by atoms with E-state index in [1.165, 1.54) is 11.1 Å². The summed E-state index contributed by atoms with van der Waals surface area (Å²) >= 11 is 11.3. The lowest BCUT2D eigenvalue weighted by Crippen LogP contribution is -2.18. The third kappa shape index (κ3) is 3.70. The van der Waals surface area contributed by atoms with Crippen LogP contribution in [0.4, 0.5) is 0 Å². The molecule has 0 fully saturated rings. The average molecular weight is 230 g/mol. The second-order valence-corrected chi connectivity index (χ2v) is 3.74. The summed E-state index contributed by atoms with van der Waals surface area (Å²) in [6.07, 6.45) is 1.86. The van der Waals surface area contributed by atoms with Gasteiger partial charge in [0.2, 0.25) is 0 Å². The van der Waals surface area contributed by atoms with Gasteiger partial charge in [-0.15, -0.1) is 0 Å². The van der Waals surface area contributed by atoms with Crippen molar-refractivity contribution < 1.29 is 0 Å². The van der Waals surface area contributed by atoms with Crippen LogP contribution in [0.25, 0.3) is 0 Å². The predicted molar refractivity (Wildman–Crippen MR) is 62.9 cm³/mol. The minimum absolute atomic E-state index is 0.279. The number of benzene rings is 1. The summed E-state index contributed by atoms with van der Waals surface area (Å²) in [6.45, 7) is 2.85. The highest BCUT2D eigenvalue weighted by atomic mass is 35.5. The molecule has 0 aliphatic carbocycles. The van der Waals surface area contributed by atoms with Crippen LogP contribution in [0.15, 0.2) is 35.9 Å². The highest BCUT2D eigenvalue weighted by Crippen LogP contribution is 2.16. The molecule has 14 heavy (non-hydrogen) atoms. The Morgan fingerprint density at radius 2 is 2.29 bits per heavy atom. The molecular weight excluding hydrogens is 217 g/mol. The summed E-state index contributed by atoms with van der Waals surface area (Å²) in [5.41, 5.74) is 2.69. The van der Waals surface area contributed by atoms with Crippen molar-refractivity contribution in [2.24, 2.45) is 0 Å². The van der Waals surface area contributed by atoms with Crippen LogP contribution >= 0.6 is 23.2 Å². The first-order valence-electron chi connectivity index (χ1n) is 4.48. The van der Waals surface area contributed by atoms with E-state index in [4.69, 9.17) is 23.2 Å². The van der Waals surface area contributed by atoms with E-state index in [-0.39, 0.29) is 6.04 Å². The molecule has 0 radical (unpaired) electrons. The van der Waals surface area contributed by atoms with Gasteiger partial charge in [0.15, 0.2) is 0 Å². The molecule has 0 aliphatic rings. The molecule has 0 amide bonds. The van der Waals surface area contributed by atoms with E-state index in [1.807, 2.05) is 30.3 Å². The van der Waals surface area contributed by atoms with E-state index >= 15 is 0 Å². The second-order valence-electron chi connectivity index (χ2n) is 3.05. The summed E-state index contributed by atoms with van der Waals surface area (Å²) in [7, 11) is 0. The third-order valence-corrected chi connectivity index (χ3v) is 2.39. The first-order valence-corrected chi connectivity index (χ1v) is 5.29. The van der Waals surface area contributed by atoms with Gasteiger partial charge < -0.3 is 5.32 Å². The predicted octanol–water partition coefficient (Wildman–Crippen LogP) is 3.74. The Balaban J connectivity index is 2.55. The van der Waals surface area contributed by atoms with Gasteiger partial charge in [-0.25, -0.2) is 0 Å². The van der Waals surface area contributed by atoms with Crippen molar-refractivity contribution in [2.75, 3.05) is 6.54 Å². The Labute approximate surface area is 94.7 Å². The average Bonchev–Trinajstić information content (AvgIpc) is 2.18. The molecule has 1 aromatic rings. The summed E-state index contributed by atoms with van der Waals surface area (Å²) in [4.78, 5) is 0. The van der Waals surface area contributed by atoms with Gasteiger partial charge in [0.25, 0.3) is 0 Å². The molecule has 76 valence electrons. The summed E-state index contributed by atoms with van der Waals surface area (Å²) in [5.74, 6) is 0. The molecule has 0 spiro atoms. The number of nitrogens with one attached hydrogen (secondary N) is 1. The van der Waals surface area contributed by atoms with Gasteiger partial charge in [0.05, 0.1) is 0 Å². The molecule has 1 aromatic carbocycles. The van der Waals surface area contributed by atoms with Crippen molar-refractivity contribution in [1.82, 2.24) is 5.32 Å². The van der Waals surface area contributed by atoms with Gasteiger partial charge >= 0.3 is 0 Å². The van der Waals surface area contributed by atoms with Crippen LogP contribution in [0, 0.1) is 0 Å². The molecule has 0 aliphatic heterocycles. The van der Waals surface area contributed by atoms with Gasteiger partial charge in [0, 0.05) is 23.1 Å². The van der Waals surface area contributed by atoms with Gasteiger partial charge in [-0.05, 0) is 24.6 Å². The summed E-state index contributed by atoms with van der Waals surface area (Å²) in [6, 6.07) is 8.11. The van der Waals surface area contributed by atoms with Crippen LogP contribution in [0.2, 0.25) is 5.02 Å². The van der Waals surface area contributed by atoms with E-state index < -0.39 is 0 Å². The van der Waals surface area contributed by atoms with Crippen LogP contribution < -0.4 is 5.32 Å². The second kappa shape index (κ2) is 6.07. The fourth-order valence-corrected chi connectivity index (χ4v) is 1.47. The van der Waals surface area contributed by atoms with Crippen LogP contribution in [0.5, 0.6) is 0 Å². The maximum atomic E-state index is 5.89. The standard InChI is InChI=1S/C11H13Cl2N/c1-9(14-7-3-6-12)10-4-2-5-11(13)8-10/h2-6,8-9,14H,7H2,1H3/b6-3+/t9-/m0/s1. The molecule has 3 heteroatoms. The lowest BCUT2D eigenvalue weighted by Gasteiger charge is -2.12. The molecule has 1 nitrogen and oxygen atoms in total. The Kier molecular flexibility index (Phi) is 5.02. The maximum absolute atomic E-state index is 5.89. The monoisotopic (exact) mass is 229 g/mol. The largest absolute Gasteiger partial charge is 0.307 e. The minimum Gasteiger partial charge on any atom is -0.307 e. The quantitative estimate of drug-likeness (QED) is 0.830. The minimum atomic E-state index is 0.279. The smallest absolute Gasteiger partial charge is 0.0409 e. The van der Waals surface area contributed by atoms with Crippen molar-refractivity contribution in [3.05, 3.63) is 46.5 Å². The zero-order chi connectivity index (χ0) is 10.4. The van der Waals surface area contributed by atoms with Crippen LogP contribution in [0.1, 0.15) is 18.5 Å². The molecule has 0 unspecified atom stereocenters. The Bertz CT molecular complexity index is 310. The topological polar surface area (TPSA) is 12.0 Å². The zero-order valence-electron chi connectivity index (χ0n) is 8.00. The fraction of sp³-hybridized carbons (Fsp3) is 0.273. The molecule has 1 N–H and O–H groups in total. The molecular formula is C11H13Cl2N. The summed E-state index contributed by atoms with van der Waals surface area (Å²) < 4.78 is 0. The Morgan fingerprint density at radius 1 is 1.50 bits per heavy atom. The van der Waals surface area contributed by atoms with Crippen LogP contribution in [-0.2, 0) is 0 Å². The zero-order valence-corrected chi connectivity index (χ0v) is 9.52.